The van der Waals surface area contributed by atoms with Crippen molar-refractivity contribution < 1.29 is 0 Å². The van der Waals surface area contributed by atoms with Crippen LogP contribution in [0.15, 0.2) is 18.3 Å². The Labute approximate surface area is 123 Å². The third-order valence-corrected chi connectivity index (χ3v) is 5.70. The van der Waals surface area contributed by atoms with Crippen LogP contribution in [-0.4, -0.2) is 32.1 Å². The number of hydrogen-bond donors (Lipinski definition) is 1. The van der Waals surface area contributed by atoms with Crippen LogP contribution in [0, 0.1) is 0 Å². The van der Waals surface area contributed by atoms with Crippen molar-refractivity contribution in [3.63, 3.8) is 0 Å². The summed E-state index contributed by atoms with van der Waals surface area (Å²) in [6.07, 6.45) is 7.01. The average Bonchev–Trinajstić information content (AvgIpc) is 3.19. The fourth-order valence-electron chi connectivity index (χ4n) is 3.32. The number of aromatic nitrogens is 3. The van der Waals surface area contributed by atoms with Gasteiger partial charge < -0.3 is 9.88 Å². The number of hydrogen-bond acceptors (Lipinski definition) is 4. The highest BCUT2D eigenvalue weighted by atomic mass is 32.2. The van der Waals surface area contributed by atoms with Gasteiger partial charge in [-0.25, -0.2) is 9.97 Å². The van der Waals surface area contributed by atoms with E-state index in [0.717, 1.165) is 29.5 Å². The molecule has 0 aromatic carbocycles. The summed E-state index contributed by atoms with van der Waals surface area (Å²) in [4.78, 5) is 9.44. The predicted molar refractivity (Wildman–Crippen MR) is 83.0 cm³/mol. The normalized spacial score (nSPS) is 26.6. The van der Waals surface area contributed by atoms with Gasteiger partial charge >= 0.3 is 0 Å². The van der Waals surface area contributed by atoms with Gasteiger partial charge in [0.15, 0.2) is 5.65 Å². The van der Waals surface area contributed by atoms with Crippen molar-refractivity contribution in [1.29, 1.82) is 0 Å². The number of nitrogens with one attached hydrogen (secondary N) is 1. The SMILES string of the molecule is c1cnc2c(c1)nc(C1CCCN1)n2CC1CCCS1. The Morgan fingerprint density at radius 1 is 1.35 bits per heavy atom. The molecule has 1 N–H and O–H groups in total. The van der Waals surface area contributed by atoms with Crippen LogP contribution in [0.2, 0.25) is 0 Å². The summed E-state index contributed by atoms with van der Waals surface area (Å²) >= 11 is 2.10. The Balaban J connectivity index is 1.75. The molecular formula is C15H20N4S. The van der Waals surface area contributed by atoms with Crippen molar-refractivity contribution in [3.8, 4) is 0 Å². The average molecular weight is 288 g/mol. The van der Waals surface area contributed by atoms with Gasteiger partial charge in [0.05, 0.1) is 6.04 Å². The lowest BCUT2D eigenvalue weighted by Gasteiger charge is -2.16. The van der Waals surface area contributed by atoms with Crippen molar-refractivity contribution in [2.45, 2.75) is 43.5 Å². The maximum absolute atomic E-state index is 4.87. The highest BCUT2D eigenvalue weighted by Gasteiger charge is 2.26. The molecule has 0 bridgehead atoms. The Morgan fingerprint density at radius 2 is 2.35 bits per heavy atom. The fourth-order valence-corrected chi connectivity index (χ4v) is 4.57. The first-order chi connectivity index (χ1) is 9.92. The van der Waals surface area contributed by atoms with Gasteiger partial charge in [-0.05, 0) is 50.1 Å². The molecule has 2 atom stereocenters. The molecule has 0 spiro atoms. The van der Waals surface area contributed by atoms with Gasteiger partial charge in [-0.15, -0.1) is 0 Å². The summed E-state index contributed by atoms with van der Waals surface area (Å²) in [5, 5.41) is 4.31. The molecule has 4 heterocycles. The second kappa shape index (κ2) is 5.37. The maximum Gasteiger partial charge on any atom is 0.160 e. The number of nitrogens with zero attached hydrogens (tertiary/aromatic N) is 3. The van der Waals surface area contributed by atoms with Gasteiger partial charge in [0.25, 0.3) is 0 Å². The van der Waals surface area contributed by atoms with E-state index in [4.69, 9.17) is 4.98 Å². The Morgan fingerprint density at radius 3 is 3.15 bits per heavy atom. The molecule has 5 heteroatoms. The Kier molecular flexibility index (Phi) is 3.40. The zero-order valence-corrected chi connectivity index (χ0v) is 12.4. The zero-order chi connectivity index (χ0) is 13.4. The van der Waals surface area contributed by atoms with E-state index in [1.807, 2.05) is 12.3 Å². The number of rotatable bonds is 3. The van der Waals surface area contributed by atoms with E-state index in [-0.39, 0.29) is 0 Å². The molecule has 2 aromatic rings. The van der Waals surface area contributed by atoms with Crippen molar-refractivity contribution in [2.24, 2.45) is 0 Å². The maximum atomic E-state index is 4.87. The summed E-state index contributed by atoms with van der Waals surface area (Å²) < 4.78 is 2.38. The van der Waals surface area contributed by atoms with E-state index < -0.39 is 0 Å². The number of fused-ring (bicyclic) bond motifs is 1. The van der Waals surface area contributed by atoms with Crippen molar-refractivity contribution in [3.05, 3.63) is 24.2 Å². The first-order valence-corrected chi connectivity index (χ1v) is 8.63. The molecule has 2 aliphatic rings. The van der Waals surface area contributed by atoms with Crippen LogP contribution < -0.4 is 5.32 Å². The van der Waals surface area contributed by atoms with Crippen molar-refractivity contribution in [1.82, 2.24) is 19.9 Å². The summed E-state index contributed by atoms with van der Waals surface area (Å²) in [6, 6.07) is 4.48. The van der Waals surface area contributed by atoms with Crippen LogP contribution in [0.3, 0.4) is 0 Å². The summed E-state index contributed by atoms with van der Waals surface area (Å²) in [6.45, 7) is 2.17. The van der Waals surface area contributed by atoms with Crippen LogP contribution in [0.4, 0.5) is 0 Å². The quantitative estimate of drug-likeness (QED) is 0.943. The highest BCUT2D eigenvalue weighted by molar-refractivity contribution is 8.00. The molecule has 2 saturated heterocycles. The van der Waals surface area contributed by atoms with E-state index >= 15 is 0 Å². The molecule has 2 unspecified atom stereocenters. The van der Waals surface area contributed by atoms with Crippen LogP contribution in [0.5, 0.6) is 0 Å². The third kappa shape index (κ3) is 2.23. The smallest absolute Gasteiger partial charge is 0.160 e. The lowest BCUT2D eigenvalue weighted by molar-refractivity contribution is 0.541. The van der Waals surface area contributed by atoms with Crippen LogP contribution in [-0.2, 0) is 6.54 Å². The molecule has 2 aromatic heterocycles. The molecule has 0 aliphatic carbocycles. The van der Waals surface area contributed by atoms with Gasteiger partial charge in [-0.1, -0.05) is 0 Å². The van der Waals surface area contributed by atoms with Gasteiger partial charge in [-0.2, -0.15) is 11.8 Å². The summed E-state index contributed by atoms with van der Waals surface area (Å²) in [5.74, 6) is 2.51. The van der Waals surface area contributed by atoms with Gasteiger partial charge in [0.1, 0.15) is 11.3 Å². The minimum Gasteiger partial charge on any atom is -0.310 e. The zero-order valence-electron chi connectivity index (χ0n) is 11.6. The second-order valence-corrected chi connectivity index (χ2v) is 7.12. The van der Waals surface area contributed by atoms with Gasteiger partial charge in [0, 0.05) is 18.0 Å². The van der Waals surface area contributed by atoms with E-state index in [1.54, 1.807) is 0 Å². The fraction of sp³-hybridized carbons (Fsp3) is 0.600. The predicted octanol–water partition coefficient (Wildman–Crippen LogP) is 2.75. The molecule has 0 amide bonds. The topological polar surface area (TPSA) is 42.7 Å². The molecule has 0 radical (unpaired) electrons. The molecule has 4 rings (SSSR count). The molecule has 4 nitrogen and oxygen atoms in total. The minimum absolute atomic E-state index is 0.413. The van der Waals surface area contributed by atoms with E-state index in [2.05, 4.69) is 32.7 Å². The molecule has 20 heavy (non-hydrogen) atoms. The highest BCUT2D eigenvalue weighted by Crippen LogP contribution is 2.31. The third-order valence-electron chi connectivity index (χ3n) is 4.32. The van der Waals surface area contributed by atoms with Crippen LogP contribution >= 0.6 is 11.8 Å². The van der Waals surface area contributed by atoms with Gasteiger partial charge in [0.2, 0.25) is 0 Å². The molecule has 2 fully saturated rings. The minimum atomic E-state index is 0.413. The number of thioether (sulfide) groups is 1. The first kappa shape index (κ1) is 12.7. The lowest BCUT2D eigenvalue weighted by atomic mass is 10.2. The number of imidazole rings is 1. The van der Waals surface area contributed by atoms with E-state index in [0.29, 0.717) is 6.04 Å². The lowest BCUT2D eigenvalue weighted by Crippen LogP contribution is -2.21. The monoisotopic (exact) mass is 288 g/mol. The Bertz CT molecular complexity index is 597. The van der Waals surface area contributed by atoms with Crippen molar-refractivity contribution >= 4 is 22.9 Å². The molecule has 106 valence electrons. The van der Waals surface area contributed by atoms with Crippen molar-refractivity contribution in [2.75, 3.05) is 12.3 Å². The second-order valence-electron chi connectivity index (χ2n) is 5.71. The summed E-state index contributed by atoms with van der Waals surface area (Å²) in [7, 11) is 0. The van der Waals surface area contributed by atoms with E-state index in [9.17, 15) is 0 Å². The van der Waals surface area contributed by atoms with Crippen LogP contribution in [0.1, 0.15) is 37.5 Å². The standard InChI is InChI=1S/C15H20N4S/c1-5-12(16-7-1)15-18-13-6-2-8-17-14(13)19(15)10-11-4-3-9-20-11/h2,6,8,11-12,16H,1,3-5,7,9-10H2. The van der Waals surface area contributed by atoms with E-state index in [1.165, 1.54) is 37.3 Å². The molecular weight excluding hydrogens is 268 g/mol. The largest absolute Gasteiger partial charge is 0.310 e. The number of pyridine rings is 1. The first-order valence-electron chi connectivity index (χ1n) is 7.58. The molecule has 2 aliphatic heterocycles. The Hall–Kier alpha value is -1.07. The molecule has 0 saturated carbocycles. The summed E-state index contributed by atoms with van der Waals surface area (Å²) in [5.41, 5.74) is 2.10. The van der Waals surface area contributed by atoms with Gasteiger partial charge in [-0.3, -0.25) is 0 Å². The van der Waals surface area contributed by atoms with Crippen LogP contribution in [0.25, 0.3) is 11.2 Å².